The van der Waals surface area contributed by atoms with Crippen molar-refractivity contribution in [2.45, 2.75) is 20.3 Å². The van der Waals surface area contributed by atoms with Crippen LogP contribution in [0.4, 0.5) is 0 Å². The smallest absolute Gasteiger partial charge is 0.166 e. The molecule has 0 saturated carbocycles. The molecule has 1 aromatic heterocycles. The first-order valence-corrected chi connectivity index (χ1v) is 8.03. The minimum absolute atomic E-state index is 0.373. The van der Waals surface area contributed by atoms with Crippen LogP contribution in [-0.4, -0.2) is 17.1 Å². The van der Waals surface area contributed by atoms with Crippen LogP contribution in [0.1, 0.15) is 19.5 Å². The second-order valence-electron chi connectivity index (χ2n) is 5.01. The summed E-state index contributed by atoms with van der Waals surface area (Å²) in [6.07, 6.45) is 0.794. The first-order valence-electron chi connectivity index (χ1n) is 6.48. The second-order valence-corrected chi connectivity index (χ2v) is 6.57. The van der Waals surface area contributed by atoms with E-state index in [1.807, 2.05) is 12.1 Å². The van der Waals surface area contributed by atoms with Crippen molar-refractivity contribution >= 4 is 39.1 Å². The van der Waals surface area contributed by atoms with E-state index in [-0.39, 0.29) is 0 Å². The zero-order chi connectivity index (χ0) is 15.6. The van der Waals surface area contributed by atoms with Crippen LogP contribution in [0.5, 0.6) is 5.75 Å². The van der Waals surface area contributed by atoms with Crippen molar-refractivity contribution in [3.8, 4) is 17.1 Å². The molecule has 0 amide bonds. The molecule has 112 valence electrons. The van der Waals surface area contributed by atoms with E-state index >= 15 is 0 Å². The summed E-state index contributed by atoms with van der Waals surface area (Å²) in [5.41, 5.74) is 1.52. The van der Waals surface area contributed by atoms with Gasteiger partial charge in [-0.25, -0.2) is 9.97 Å². The molecule has 0 aliphatic rings. The number of methoxy groups -OCH3 is 1. The number of halogens is 3. The first kappa shape index (κ1) is 16.5. The van der Waals surface area contributed by atoms with E-state index in [0.29, 0.717) is 33.2 Å². The molecule has 2 rings (SSSR count). The third-order valence-corrected chi connectivity index (χ3v) is 4.55. The lowest BCUT2D eigenvalue weighted by Gasteiger charge is -2.13. The van der Waals surface area contributed by atoms with Gasteiger partial charge in [0, 0.05) is 0 Å². The average molecular weight is 390 g/mol. The van der Waals surface area contributed by atoms with E-state index in [1.165, 1.54) is 0 Å². The predicted molar refractivity (Wildman–Crippen MR) is 90.3 cm³/mol. The van der Waals surface area contributed by atoms with Crippen LogP contribution in [-0.2, 0) is 6.42 Å². The zero-order valence-electron chi connectivity index (χ0n) is 12.0. The molecule has 3 nitrogen and oxygen atoms in total. The fourth-order valence-electron chi connectivity index (χ4n) is 1.99. The number of hydrogen-bond donors (Lipinski definition) is 0. The molecule has 0 N–H and O–H groups in total. The van der Waals surface area contributed by atoms with Gasteiger partial charge in [0.2, 0.25) is 0 Å². The Bertz CT molecular complexity index is 662. The van der Waals surface area contributed by atoms with Gasteiger partial charge in [-0.2, -0.15) is 0 Å². The van der Waals surface area contributed by atoms with Crippen LogP contribution in [0.3, 0.4) is 0 Å². The Kier molecular flexibility index (Phi) is 5.47. The SMILES string of the molecule is COc1cccc(Cl)c1-c1nc(Cl)c(Br)c(CC(C)C)n1. The highest BCUT2D eigenvalue weighted by Gasteiger charge is 2.18. The minimum Gasteiger partial charge on any atom is -0.496 e. The molecule has 0 bridgehead atoms. The molecule has 0 fully saturated rings. The maximum absolute atomic E-state index is 6.28. The lowest BCUT2D eigenvalue weighted by atomic mass is 10.1. The van der Waals surface area contributed by atoms with Crippen molar-refractivity contribution < 1.29 is 4.74 Å². The lowest BCUT2D eigenvalue weighted by Crippen LogP contribution is -2.03. The Hall–Kier alpha value is -0.840. The Labute approximate surface area is 142 Å². The standard InChI is InChI=1S/C15H15BrCl2N2O/c1-8(2)7-10-13(16)14(18)20-15(19-10)12-9(17)5-4-6-11(12)21-3/h4-6,8H,7H2,1-3H3. The topological polar surface area (TPSA) is 35.0 Å². The molecule has 2 aromatic rings. The van der Waals surface area contributed by atoms with Gasteiger partial charge in [-0.1, -0.05) is 43.1 Å². The van der Waals surface area contributed by atoms with Crippen LogP contribution in [0.15, 0.2) is 22.7 Å². The van der Waals surface area contributed by atoms with E-state index in [0.717, 1.165) is 16.6 Å². The van der Waals surface area contributed by atoms with Crippen molar-refractivity contribution in [3.05, 3.63) is 38.5 Å². The average Bonchev–Trinajstić information content (AvgIpc) is 2.42. The van der Waals surface area contributed by atoms with Crippen molar-refractivity contribution in [2.24, 2.45) is 5.92 Å². The summed E-state index contributed by atoms with van der Waals surface area (Å²) in [6, 6.07) is 5.42. The molecule has 21 heavy (non-hydrogen) atoms. The van der Waals surface area contributed by atoms with Crippen molar-refractivity contribution in [1.29, 1.82) is 0 Å². The van der Waals surface area contributed by atoms with E-state index in [1.54, 1.807) is 13.2 Å². The maximum atomic E-state index is 6.28. The number of nitrogens with zero attached hydrogens (tertiary/aromatic N) is 2. The number of rotatable bonds is 4. The Morgan fingerprint density at radius 2 is 1.95 bits per heavy atom. The Morgan fingerprint density at radius 1 is 1.24 bits per heavy atom. The molecule has 0 aliphatic carbocycles. The monoisotopic (exact) mass is 388 g/mol. The summed E-state index contributed by atoms with van der Waals surface area (Å²) in [4.78, 5) is 8.93. The van der Waals surface area contributed by atoms with Crippen LogP contribution in [0, 0.1) is 5.92 Å². The first-order chi connectivity index (χ1) is 9.93. The van der Waals surface area contributed by atoms with Gasteiger partial charge in [-0.05, 0) is 40.4 Å². The van der Waals surface area contributed by atoms with Crippen LogP contribution >= 0.6 is 39.1 Å². The molecule has 0 radical (unpaired) electrons. The van der Waals surface area contributed by atoms with E-state index in [9.17, 15) is 0 Å². The summed E-state index contributed by atoms with van der Waals surface area (Å²) >= 11 is 15.9. The van der Waals surface area contributed by atoms with Gasteiger partial charge in [0.15, 0.2) is 5.82 Å². The van der Waals surface area contributed by atoms with Gasteiger partial charge in [0.25, 0.3) is 0 Å². The maximum Gasteiger partial charge on any atom is 0.166 e. The van der Waals surface area contributed by atoms with E-state index in [4.69, 9.17) is 27.9 Å². The summed E-state index contributed by atoms with van der Waals surface area (Å²) in [5.74, 6) is 1.55. The molecule has 0 spiro atoms. The van der Waals surface area contributed by atoms with Gasteiger partial charge in [-0.15, -0.1) is 0 Å². The third-order valence-electron chi connectivity index (χ3n) is 2.90. The summed E-state index contributed by atoms with van der Waals surface area (Å²) in [6.45, 7) is 4.25. The Morgan fingerprint density at radius 3 is 2.57 bits per heavy atom. The molecular weight excluding hydrogens is 375 g/mol. The lowest BCUT2D eigenvalue weighted by molar-refractivity contribution is 0.416. The molecule has 1 aromatic carbocycles. The molecular formula is C15H15BrCl2N2O. The van der Waals surface area contributed by atoms with Gasteiger partial charge in [-0.3, -0.25) is 0 Å². The van der Waals surface area contributed by atoms with Crippen molar-refractivity contribution in [3.63, 3.8) is 0 Å². The molecule has 0 saturated heterocycles. The molecule has 1 heterocycles. The fraction of sp³-hybridized carbons (Fsp3) is 0.333. The zero-order valence-corrected chi connectivity index (χ0v) is 15.1. The highest BCUT2D eigenvalue weighted by atomic mass is 79.9. The molecule has 0 aliphatic heterocycles. The molecule has 0 unspecified atom stereocenters. The number of ether oxygens (including phenoxy) is 1. The molecule has 0 atom stereocenters. The largest absolute Gasteiger partial charge is 0.496 e. The highest BCUT2D eigenvalue weighted by Crippen LogP contribution is 2.36. The second kappa shape index (κ2) is 6.95. The predicted octanol–water partition coefficient (Wildman–Crippen LogP) is 5.42. The van der Waals surface area contributed by atoms with Crippen LogP contribution < -0.4 is 4.74 Å². The van der Waals surface area contributed by atoms with Crippen LogP contribution in [0.2, 0.25) is 10.2 Å². The summed E-state index contributed by atoms with van der Waals surface area (Å²) in [5, 5.41) is 0.904. The summed E-state index contributed by atoms with van der Waals surface area (Å²) < 4.78 is 6.08. The number of hydrogen-bond acceptors (Lipinski definition) is 3. The number of aromatic nitrogens is 2. The minimum atomic E-state index is 0.373. The van der Waals surface area contributed by atoms with Gasteiger partial charge in [0.1, 0.15) is 10.9 Å². The third kappa shape index (κ3) is 3.68. The fourth-order valence-corrected chi connectivity index (χ4v) is 2.77. The van der Waals surface area contributed by atoms with E-state index in [2.05, 4.69) is 39.7 Å². The van der Waals surface area contributed by atoms with Crippen molar-refractivity contribution in [2.75, 3.05) is 7.11 Å². The molecule has 6 heteroatoms. The quantitative estimate of drug-likeness (QED) is 0.654. The normalized spacial score (nSPS) is 11.0. The number of benzene rings is 1. The van der Waals surface area contributed by atoms with Crippen molar-refractivity contribution in [1.82, 2.24) is 9.97 Å². The van der Waals surface area contributed by atoms with E-state index < -0.39 is 0 Å². The highest BCUT2D eigenvalue weighted by molar-refractivity contribution is 9.10. The van der Waals surface area contributed by atoms with Gasteiger partial charge < -0.3 is 4.74 Å². The Balaban J connectivity index is 2.62. The summed E-state index contributed by atoms with van der Waals surface area (Å²) in [7, 11) is 1.59. The van der Waals surface area contributed by atoms with Gasteiger partial charge >= 0.3 is 0 Å². The van der Waals surface area contributed by atoms with Crippen LogP contribution in [0.25, 0.3) is 11.4 Å². The van der Waals surface area contributed by atoms with Gasteiger partial charge in [0.05, 0.1) is 27.9 Å².